The summed E-state index contributed by atoms with van der Waals surface area (Å²) in [7, 11) is 0. The summed E-state index contributed by atoms with van der Waals surface area (Å²) < 4.78 is 24.9. The summed E-state index contributed by atoms with van der Waals surface area (Å²) >= 11 is 17.9. The van der Waals surface area contributed by atoms with E-state index in [2.05, 4.69) is 0 Å². The van der Waals surface area contributed by atoms with Gasteiger partial charge in [0, 0.05) is 16.7 Å². The molecule has 0 aliphatic rings. The molecule has 0 unspecified atom stereocenters. The summed E-state index contributed by atoms with van der Waals surface area (Å²) in [6.45, 7) is 5.10. The number of carbonyl (C=O) groups is 1. The van der Waals surface area contributed by atoms with Crippen LogP contribution in [0.25, 0.3) is 0 Å². The van der Waals surface area contributed by atoms with E-state index in [1.807, 2.05) is 0 Å². The maximum absolute atomic E-state index is 14.2. The van der Waals surface area contributed by atoms with E-state index < -0.39 is 17.4 Å². The molecule has 2 aromatic rings. The van der Waals surface area contributed by atoms with Crippen molar-refractivity contribution in [3.8, 4) is 5.75 Å². The van der Waals surface area contributed by atoms with E-state index in [9.17, 15) is 9.18 Å². The van der Waals surface area contributed by atoms with Crippen LogP contribution >= 0.6 is 34.8 Å². The van der Waals surface area contributed by atoms with Gasteiger partial charge in [-0.15, -0.1) is 0 Å². The second kappa shape index (κ2) is 7.81. The highest BCUT2D eigenvalue weighted by Gasteiger charge is 2.22. The molecule has 0 amide bonds. The van der Waals surface area contributed by atoms with E-state index in [0.717, 1.165) is 6.07 Å². The average molecular weight is 406 g/mol. The predicted octanol–water partition coefficient (Wildman–Crippen LogP) is 6.32. The molecule has 134 valence electrons. The molecule has 0 aromatic heterocycles. The third-order valence-corrected chi connectivity index (χ3v) is 4.13. The van der Waals surface area contributed by atoms with Crippen molar-refractivity contribution in [3.63, 3.8) is 0 Å². The lowest BCUT2D eigenvalue weighted by molar-refractivity contribution is 0.00646. The molecule has 0 fully saturated rings. The first-order chi connectivity index (χ1) is 11.6. The van der Waals surface area contributed by atoms with Gasteiger partial charge in [-0.2, -0.15) is 0 Å². The molecule has 0 aliphatic heterocycles. The molecule has 0 aliphatic carbocycles. The summed E-state index contributed by atoms with van der Waals surface area (Å²) in [4.78, 5) is 12.0. The Labute approximate surface area is 160 Å². The molecule has 0 N–H and O–H groups in total. The van der Waals surface area contributed by atoms with Crippen LogP contribution in [0.1, 0.15) is 36.7 Å². The molecule has 0 radical (unpaired) electrons. The van der Waals surface area contributed by atoms with Gasteiger partial charge in [-0.05, 0) is 45.0 Å². The molecule has 0 atom stereocenters. The molecule has 0 heterocycles. The average Bonchev–Trinajstić information content (AvgIpc) is 2.49. The SMILES string of the molecule is CC(C)(C)OC(=O)c1cc(Cl)c(COc2ccc(Cl)c(Cl)c2)cc1F. The highest BCUT2D eigenvalue weighted by Crippen LogP contribution is 2.28. The van der Waals surface area contributed by atoms with Gasteiger partial charge in [0.1, 0.15) is 23.8 Å². The third kappa shape index (κ3) is 5.50. The zero-order chi connectivity index (χ0) is 18.8. The quantitative estimate of drug-likeness (QED) is 0.558. The summed E-state index contributed by atoms with van der Waals surface area (Å²) in [5.41, 5.74) is -0.568. The highest BCUT2D eigenvalue weighted by molar-refractivity contribution is 6.42. The van der Waals surface area contributed by atoms with Crippen molar-refractivity contribution in [2.45, 2.75) is 33.0 Å². The zero-order valence-electron chi connectivity index (χ0n) is 13.8. The summed E-state index contributed by atoms with van der Waals surface area (Å²) in [6.07, 6.45) is 0. The molecule has 25 heavy (non-hydrogen) atoms. The number of carbonyl (C=O) groups excluding carboxylic acids is 1. The minimum atomic E-state index is -0.774. The number of rotatable bonds is 4. The van der Waals surface area contributed by atoms with E-state index >= 15 is 0 Å². The molecule has 0 saturated carbocycles. The van der Waals surface area contributed by atoms with Gasteiger partial charge in [0.25, 0.3) is 0 Å². The lowest BCUT2D eigenvalue weighted by Crippen LogP contribution is -2.24. The fraction of sp³-hybridized carbons (Fsp3) is 0.278. The lowest BCUT2D eigenvalue weighted by atomic mass is 10.1. The van der Waals surface area contributed by atoms with Crippen molar-refractivity contribution in [1.29, 1.82) is 0 Å². The van der Waals surface area contributed by atoms with Gasteiger partial charge in [-0.3, -0.25) is 0 Å². The number of esters is 1. The van der Waals surface area contributed by atoms with Crippen molar-refractivity contribution < 1.29 is 18.7 Å². The van der Waals surface area contributed by atoms with E-state index in [-0.39, 0.29) is 17.2 Å². The Hall–Kier alpha value is -1.49. The van der Waals surface area contributed by atoms with Gasteiger partial charge in [-0.25, -0.2) is 9.18 Å². The molecule has 7 heteroatoms. The largest absolute Gasteiger partial charge is 0.489 e. The number of halogens is 4. The first kappa shape index (κ1) is 19.8. The maximum Gasteiger partial charge on any atom is 0.341 e. The Kier molecular flexibility index (Phi) is 6.20. The number of benzene rings is 2. The van der Waals surface area contributed by atoms with Crippen LogP contribution in [0.2, 0.25) is 15.1 Å². The molecule has 0 spiro atoms. The first-order valence-corrected chi connectivity index (χ1v) is 8.49. The van der Waals surface area contributed by atoms with Crippen molar-refractivity contribution in [2.24, 2.45) is 0 Å². The summed E-state index contributed by atoms with van der Waals surface area (Å²) in [5, 5.41) is 0.943. The van der Waals surface area contributed by atoms with E-state index in [0.29, 0.717) is 21.4 Å². The molecule has 2 rings (SSSR count). The standard InChI is InChI=1S/C18H16Cl3FO3/c1-18(2,3)25-17(23)12-8-14(20)10(6-16(12)22)9-24-11-4-5-13(19)15(21)7-11/h4-8H,9H2,1-3H3. The van der Waals surface area contributed by atoms with Gasteiger partial charge in [0.05, 0.1) is 15.6 Å². The zero-order valence-corrected chi connectivity index (χ0v) is 16.1. The summed E-state index contributed by atoms with van der Waals surface area (Å²) in [5.74, 6) is -1.04. The van der Waals surface area contributed by atoms with Crippen LogP contribution in [0.4, 0.5) is 4.39 Å². The lowest BCUT2D eigenvalue weighted by Gasteiger charge is -2.20. The van der Waals surface area contributed by atoms with Gasteiger partial charge in [0.2, 0.25) is 0 Å². The van der Waals surface area contributed by atoms with E-state index in [4.69, 9.17) is 44.3 Å². The van der Waals surface area contributed by atoms with Crippen LogP contribution in [0.5, 0.6) is 5.75 Å². The molecule has 0 saturated heterocycles. The normalized spacial score (nSPS) is 11.3. The topological polar surface area (TPSA) is 35.5 Å². The Morgan fingerprint density at radius 2 is 1.72 bits per heavy atom. The number of hydrogen-bond donors (Lipinski definition) is 0. The maximum atomic E-state index is 14.2. The van der Waals surface area contributed by atoms with Crippen LogP contribution in [-0.4, -0.2) is 11.6 Å². The second-order valence-electron chi connectivity index (χ2n) is 6.29. The van der Waals surface area contributed by atoms with Crippen molar-refractivity contribution in [2.75, 3.05) is 0 Å². The Bertz CT molecular complexity index is 801. The summed E-state index contributed by atoms with van der Waals surface area (Å²) in [6, 6.07) is 7.15. The van der Waals surface area contributed by atoms with Crippen LogP contribution in [0.15, 0.2) is 30.3 Å². The third-order valence-electron chi connectivity index (χ3n) is 3.04. The monoisotopic (exact) mass is 404 g/mol. The fourth-order valence-corrected chi connectivity index (χ4v) is 2.42. The van der Waals surface area contributed by atoms with Gasteiger partial charge >= 0.3 is 5.97 Å². The van der Waals surface area contributed by atoms with Crippen LogP contribution < -0.4 is 4.74 Å². The number of ether oxygens (including phenoxy) is 2. The molecule has 0 bridgehead atoms. The number of hydrogen-bond acceptors (Lipinski definition) is 3. The van der Waals surface area contributed by atoms with E-state index in [1.165, 1.54) is 6.07 Å². The second-order valence-corrected chi connectivity index (χ2v) is 7.51. The van der Waals surface area contributed by atoms with E-state index in [1.54, 1.807) is 39.0 Å². The van der Waals surface area contributed by atoms with Gasteiger partial charge < -0.3 is 9.47 Å². The van der Waals surface area contributed by atoms with Crippen LogP contribution in [-0.2, 0) is 11.3 Å². The van der Waals surface area contributed by atoms with Gasteiger partial charge in [0.15, 0.2) is 0 Å². The van der Waals surface area contributed by atoms with Crippen molar-refractivity contribution >= 4 is 40.8 Å². The minimum absolute atomic E-state index is 0.00229. The van der Waals surface area contributed by atoms with Crippen molar-refractivity contribution in [1.82, 2.24) is 0 Å². The Balaban J connectivity index is 2.16. The van der Waals surface area contributed by atoms with Crippen molar-refractivity contribution in [3.05, 3.63) is 62.3 Å². The van der Waals surface area contributed by atoms with Gasteiger partial charge in [-0.1, -0.05) is 34.8 Å². The predicted molar refractivity (Wildman–Crippen MR) is 97.4 cm³/mol. The first-order valence-electron chi connectivity index (χ1n) is 7.36. The fourth-order valence-electron chi connectivity index (χ4n) is 1.92. The Morgan fingerprint density at radius 1 is 1.04 bits per heavy atom. The highest BCUT2D eigenvalue weighted by atomic mass is 35.5. The molecular formula is C18H16Cl3FO3. The molecule has 2 aromatic carbocycles. The smallest absolute Gasteiger partial charge is 0.341 e. The minimum Gasteiger partial charge on any atom is -0.489 e. The molecule has 3 nitrogen and oxygen atoms in total. The molecular weight excluding hydrogens is 390 g/mol. The van der Waals surface area contributed by atoms with Crippen LogP contribution in [0.3, 0.4) is 0 Å². The Morgan fingerprint density at radius 3 is 2.32 bits per heavy atom. The van der Waals surface area contributed by atoms with Crippen LogP contribution in [0, 0.1) is 5.82 Å².